The molecule has 1 rings (SSSR count). The molecule has 0 fully saturated rings. The van der Waals surface area contributed by atoms with Crippen molar-refractivity contribution in [1.29, 1.82) is 0 Å². The second-order valence-corrected chi connectivity index (χ2v) is 5.39. The van der Waals surface area contributed by atoms with Gasteiger partial charge < -0.3 is 14.4 Å². The van der Waals surface area contributed by atoms with E-state index in [1.165, 1.54) is 23.8 Å². The molecule has 1 amide bonds. The molecule has 0 saturated heterocycles. The first-order valence-corrected chi connectivity index (χ1v) is 7.36. The van der Waals surface area contributed by atoms with Crippen LogP contribution in [0.15, 0.2) is 11.8 Å². The van der Waals surface area contributed by atoms with E-state index < -0.39 is 0 Å². The summed E-state index contributed by atoms with van der Waals surface area (Å²) in [4.78, 5) is 24.9. The zero-order valence-electron chi connectivity index (χ0n) is 11.0. The first-order chi connectivity index (χ1) is 9.08. The summed E-state index contributed by atoms with van der Waals surface area (Å²) in [6.45, 7) is 2.95. The van der Waals surface area contributed by atoms with Gasteiger partial charge in [-0.2, -0.15) is 0 Å². The van der Waals surface area contributed by atoms with E-state index in [1.54, 1.807) is 6.20 Å². The highest BCUT2D eigenvalue weighted by Gasteiger charge is 2.21. The van der Waals surface area contributed by atoms with Crippen LogP contribution in [0.1, 0.15) is 19.8 Å². The van der Waals surface area contributed by atoms with Crippen molar-refractivity contribution in [3.63, 3.8) is 0 Å². The Morgan fingerprint density at radius 3 is 2.89 bits per heavy atom. The Labute approximate surface area is 122 Å². The smallest absolute Gasteiger partial charge is 0.335 e. The minimum atomic E-state index is -0.380. The lowest BCUT2D eigenvalue weighted by Gasteiger charge is -2.24. The minimum absolute atomic E-state index is 0.0897. The Kier molecular flexibility index (Phi) is 6.86. The third-order valence-corrected chi connectivity index (χ3v) is 3.72. The van der Waals surface area contributed by atoms with Gasteiger partial charge in [-0.25, -0.2) is 4.79 Å². The largest absolute Gasteiger partial charge is 0.479 e. The maximum Gasteiger partial charge on any atom is 0.335 e. The van der Waals surface area contributed by atoms with E-state index in [-0.39, 0.29) is 17.6 Å². The molecule has 5 nitrogen and oxygen atoms in total. The van der Waals surface area contributed by atoms with Crippen molar-refractivity contribution < 1.29 is 19.1 Å². The Morgan fingerprint density at radius 2 is 2.26 bits per heavy atom. The highest BCUT2D eigenvalue weighted by atomic mass is 32.2. The van der Waals surface area contributed by atoms with E-state index in [0.29, 0.717) is 29.5 Å². The maximum absolute atomic E-state index is 12.0. The average molecular weight is 303 g/mol. The van der Waals surface area contributed by atoms with Gasteiger partial charge in [0, 0.05) is 12.7 Å². The second kappa shape index (κ2) is 8.16. The number of thiocarbonyl (C=S) groups is 1. The second-order valence-electron chi connectivity index (χ2n) is 3.81. The van der Waals surface area contributed by atoms with Gasteiger partial charge in [-0.15, -0.1) is 0 Å². The molecule has 19 heavy (non-hydrogen) atoms. The molecule has 1 heterocycles. The van der Waals surface area contributed by atoms with Gasteiger partial charge in [0.15, 0.2) is 0 Å². The summed E-state index contributed by atoms with van der Waals surface area (Å²) in [5.74, 6) is -0.257. The molecule has 0 aromatic heterocycles. The molecule has 0 aromatic rings. The third kappa shape index (κ3) is 5.20. The van der Waals surface area contributed by atoms with Crippen molar-refractivity contribution in [3.8, 4) is 0 Å². The Hall–Kier alpha value is -1.08. The minimum Gasteiger partial charge on any atom is -0.479 e. The number of amides is 1. The molecule has 0 atom stereocenters. The van der Waals surface area contributed by atoms with Crippen molar-refractivity contribution in [1.82, 2.24) is 4.90 Å². The number of ether oxygens (including phenoxy) is 2. The molecular weight excluding hydrogens is 286 g/mol. The van der Waals surface area contributed by atoms with Gasteiger partial charge in [0.2, 0.25) is 10.3 Å². The highest BCUT2D eigenvalue weighted by Crippen LogP contribution is 2.17. The van der Waals surface area contributed by atoms with Gasteiger partial charge in [0.1, 0.15) is 0 Å². The van der Waals surface area contributed by atoms with Crippen LogP contribution in [-0.4, -0.2) is 47.2 Å². The standard InChI is InChI=1S/C12H17NO4S2/c1-3-17-12(18)19-8-10(14)13-6-4-5-9(7-13)11(15)16-2/h7H,3-6,8H2,1-2H3. The van der Waals surface area contributed by atoms with E-state index in [2.05, 4.69) is 4.74 Å². The molecule has 0 unspecified atom stereocenters. The summed E-state index contributed by atoms with van der Waals surface area (Å²) in [6.07, 6.45) is 2.97. The van der Waals surface area contributed by atoms with E-state index in [1.807, 2.05) is 6.92 Å². The number of nitrogens with zero attached hydrogens (tertiary/aromatic N) is 1. The summed E-state index contributed by atoms with van der Waals surface area (Å²) >= 11 is 6.13. The van der Waals surface area contributed by atoms with Gasteiger partial charge in [0.05, 0.1) is 25.0 Å². The average Bonchev–Trinajstić information content (AvgIpc) is 2.44. The van der Waals surface area contributed by atoms with Crippen LogP contribution in [0.2, 0.25) is 0 Å². The number of esters is 1. The fourth-order valence-electron chi connectivity index (χ4n) is 1.60. The Morgan fingerprint density at radius 1 is 1.53 bits per heavy atom. The zero-order chi connectivity index (χ0) is 14.3. The Balaban J connectivity index is 2.52. The molecule has 1 aliphatic rings. The van der Waals surface area contributed by atoms with Crippen LogP contribution in [-0.2, 0) is 19.1 Å². The number of carbonyl (C=O) groups excluding carboxylic acids is 2. The summed E-state index contributed by atoms with van der Waals surface area (Å²) in [5, 5.41) is 0. The Bertz CT molecular complexity index is 395. The number of carbonyl (C=O) groups is 2. The molecule has 0 aliphatic carbocycles. The number of thioether (sulfide) groups is 1. The topological polar surface area (TPSA) is 55.8 Å². The van der Waals surface area contributed by atoms with E-state index in [4.69, 9.17) is 17.0 Å². The molecule has 0 spiro atoms. The van der Waals surface area contributed by atoms with Crippen LogP contribution in [0.4, 0.5) is 0 Å². The first kappa shape index (κ1) is 16.0. The number of rotatable bonds is 4. The molecule has 0 radical (unpaired) electrons. The monoisotopic (exact) mass is 303 g/mol. The van der Waals surface area contributed by atoms with Crippen molar-refractivity contribution in [2.24, 2.45) is 0 Å². The molecule has 0 aromatic carbocycles. The summed E-state index contributed by atoms with van der Waals surface area (Å²) in [5.41, 5.74) is 0.527. The lowest BCUT2D eigenvalue weighted by molar-refractivity contribution is -0.136. The summed E-state index contributed by atoms with van der Waals surface area (Å²) in [7, 11) is 1.33. The molecular formula is C12H17NO4S2. The van der Waals surface area contributed by atoms with Crippen molar-refractivity contribution >= 4 is 40.2 Å². The predicted molar refractivity (Wildman–Crippen MR) is 77.7 cm³/mol. The fourth-order valence-corrected chi connectivity index (χ4v) is 2.51. The van der Waals surface area contributed by atoms with Gasteiger partial charge >= 0.3 is 5.97 Å². The van der Waals surface area contributed by atoms with E-state index >= 15 is 0 Å². The summed E-state index contributed by atoms with van der Waals surface area (Å²) in [6, 6.07) is 0. The van der Waals surface area contributed by atoms with Gasteiger partial charge in [-0.3, -0.25) is 4.79 Å². The van der Waals surface area contributed by atoms with Gasteiger partial charge in [0.25, 0.3) is 0 Å². The fraction of sp³-hybridized carbons (Fsp3) is 0.583. The number of methoxy groups -OCH3 is 1. The van der Waals surface area contributed by atoms with Crippen LogP contribution in [0.3, 0.4) is 0 Å². The van der Waals surface area contributed by atoms with Crippen LogP contribution >= 0.6 is 24.0 Å². The molecule has 0 N–H and O–H groups in total. The van der Waals surface area contributed by atoms with Crippen molar-refractivity contribution in [3.05, 3.63) is 11.8 Å². The molecule has 0 saturated carbocycles. The van der Waals surface area contributed by atoms with Crippen LogP contribution in [0.5, 0.6) is 0 Å². The van der Waals surface area contributed by atoms with Crippen LogP contribution in [0, 0.1) is 0 Å². The molecule has 7 heteroatoms. The van der Waals surface area contributed by atoms with Crippen molar-refractivity contribution in [2.75, 3.05) is 26.0 Å². The SMILES string of the molecule is CCOC(=S)SCC(=O)N1C=C(C(=O)OC)CCC1. The quantitative estimate of drug-likeness (QED) is 0.582. The molecule has 1 aliphatic heterocycles. The lowest BCUT2D eigenvalue weighted by Crippen LogP contribution is -2.32. The van der Waals surface area contributed by atoms with Gasteiger partial charge in [-0.1, -0.05) is 11.8 Å². The maximum atomic E-state index is 12.0. The highest BCUT2D eigenvalue weighted by molar-refractivity contribution is 8.23. The number of hydrogen-bond acceptors (Lipinski definition) is 6. The molecule has 106 valence electrons. The first-order valence-electron chi connectivity index (χ1n) is 5.96. The summed E-state index contributed by atoms with van der Waals surface area (Å²) < 4.78 is 10.1. The predicted octanol–water partition coefficient (Wildman–Crippen LogP) is 1.72. The van der Waals surface area contributed by atoms with E-state index in [0.717, 1.165) is 6.42 Å². The van der Waals surface area contributed by atoms with E-state index in [9.17, 15) is 9.59 Å². The third-order valence-electron chi connectivity index (χ3n) is 2.50. The van der Waals surface area contributed by atoms with Crippen LogP contribution in [0.25, 0.3) is 0 Å². The normalized spacial score (nSPS) is 14.6. The van der Waals surface area contributed by atoms with Crippen molar-refractivity contribution in [2.45, 2.75) is 19.8 Å². The number of hydrogen-bond donors (Lipinski definition) is 0. The lowest BCUT2D eigenvalue weighted by atomic mass is 10.1. The zero-order valence-corrected chi connectivity index (χ0v) is 12.6. The molecule has 0 bridgehead atoms. The van der Waals surface area contributed by atoms with Gasteiger partial charge in [-0.05, 0) is 32.0 Å². The van der Waals surface area contributed by atoms with Crippen LogP contribution < -0.4 is 0 Å².